The van der Waals surface area contributed by atoms with Gasteiger partial charge in [-0.2, -0.15) is 0 Å². The quantitative estimate of drug-likeness (QED) is 0.914. The molecule has 0 spiro atoms. The average Bonchev–Trinajstić information content (AvgIpc) is 3.19. The number of nitrogens with zero attached hydrogens (tertiary/aromatic N) is 2. The number of aromatic hydroxyl groups is 1. The van der Waals surface area contributed by atoms with Crippen molar-refractivity contribution >= 4 is 16.5 Å². The molecule has 4 nitrogen and oxygen atoms in total. The molecule has 1 fully saturated rings. The fourth-order valence-electron chi connectivity index (χ4n) is 3.70. The van der Waals surface area contributed by atoms with Gasteiger partial charge in [0.1, 0.15) is 5.75 Å². The summed E-state index contributed by atoms with van der Waals surface area (Å²) in [5, 5.41) is 17.0. The monoisotopic (exact) mass is 315 g/mol. The second-order valence-electron chi connectivity index (χ2n) is 6.18. The first-order valence-electron chi connectivity index (χ1n) is 8.02. The lowest BCUT2D eigenvalue weighted by Crippen LogP contribution is -2.43. The molecule has 0 amide bonds. The van der Waals surface area contributed by atoms with Gasteiger partial charge < -0.3 is 15.3 Å². The zero-order valence-electron chi connectivity index (χ0n) is 12.5. The van der Waals surface area contributed by atoms with E-state index in [1.807, 2.05) is 17.6 Å². The molecule has 1 aromatic carbocycles. The summed E-state index contributed by atoms with van der Waals surface area (Å²) >= 11 is 1.72. The van der Waals surface area contributed by atoms with Crippen LogP contribution in [0.2, 0.25) is 0 Å². The van der Waals surface area contributed by atoms with Gasteiger partial charge in [-0.1, -0.05) is 12.1 Å². The standard InChI is InChI=1S/C17H21N3OS/c21-16-3-1-2-13-14(16)4-5-15(13)19-12-6-9-20(10-7-12)17-18-8-11-22-17/h1-3,8,11-12,15,19,21H,4-7,9-10H2/t15-/m0/s1. The Bertz CT molecular complexity index is 635. The highest BCUT2D eigenvalue weighted by atomic mass is 32.1. The fraction of sp³-hybridized carbons (Fsp3) is 0.471. The zero-order valence-corrected chi connectivity index (χ0v) is 13.4. The molecule has 4 rings (SSSR count). The van der Waals surface area contributed by atoms with Crippen LogP contribution in [-0.2, 0) is 6.42 Å². The number of fused-ring (bicyclic) bond motifs is 1. The number of aromatic nitrogens is 1. The Morgan fingerprint density at radius 3 is 2.86 bits per heavy atom. The van der Waals surface area contributed by atoms with Gasteiger partial charge in [0.05, 0.1) is 0 Å². The summed E-state index contributed by atoms with van der Waals surface area (Å²) in [6.45, 7) is 2.15. The minimum atomic E-state index is 0.401. The molecule has 0 saturated carbocycles. The van der Waals surface area contributed by atoms with Gasteiger partial charge in [-0.05, 0) is 42.9 Å². The normalized spacial score (nSPS) is 22.0. The number of hydrogen-bond donors (Lipinski definition) is 2. The third kappa shape index (κ3) is 2.59. The summed E-state index contributed by atoms with van der Waals surface area (Å²) < 4.78 is 0. The van der Waals surface area contributed by atoms with Crippen molar-refractivity contribution in [3.8, 4) is 5.75 Å². The van der Waals surface area contributed by atoms with Crippen LogP contribution >= 0.6 is 11.3 Å². The molecule has 0 bridgehead atoms. The van der Waals surface area contributed by atoms with Crippen LogP contribution < -0.4 is 10.2 Å². The topological polar surface area (TPSA) is 48.4 Å². The van der Waals surface area contributed by atoms with E-state index in [1.165, 1.54) is 5.56 Å². The van der Waals surface area contributed by atoms with Crippen molar-refractivity contribution in [2.45, 2.75) is 37.8 Å². The molecule has 0 radical (unpaired) electrons. The summed E-state index contributed by atoms with van der Waals surface area (Å²) in [4.78, 5) is 6.79. The zero-order chi connectivity index (χ0) is 14.9. The number of nitrogens with one attached hydrogen (secondary N) is 1. The maximum absolute atomic E-state index is 9.96. The van der Waals surface area contributed by atoms with Crippen molar-refractivity contribution < 1.29 is 5.11 Å². The first-order valence-corrected chi connectivity index (χ1v) is 8.90. The lowest BCUT2D eigenvalue weighted by Gasteiger charge is -2.34. The lowest BCUT2D eigenvalue weighted by molar-refractivity contribution is 0.368. The second-order valence-corrected chi connectivity index (χ2v) is 7.05. The summed E-state index contributed by atoms with van der Waals surface area (Å²) in [7, 11) is 0. The Balaban J connectivity index is 1.38. The predicted octanol–water partition coefficient (Wildman–Crippen LogP) is 3.09. The number of phenols is 1. The Labute approximate surface area is 134 Å². The second kappa shape index (κ2) is 5.89. The van der Waals surface area contributed by atoms with E-state index in [1.54, 1.807) is 17.4 Å². The van der Waals surface area contributed by atoms with Gasteiger partial charge in [0.15, 0.2) is 5.13 Å². The van der Waals surface area contributed by atoms with Gasteiger partial charge in [0, 0.05) is 36.8 Å². The van der Waals surface area contributed by atoms with E-state index in [4.69, 9.17) is 0 Å². The van der Waals surface area contributed by atoms with Crippen LogP contribution in [0, 0.1) is 0 Å². The van der Waals surface area contributed by atoms with Gasteiger partial charge in [0.25, 0.3) is 0 Å². The van der Waals surface area contributed by atoms with Crippen molar-refractivity contribution in [3.05, 3.63) is 40.9 Å². The molecule has 1 atom stereocenters. The van der Waals surface area contributed by atoms with E-state index in [-0.39, 0.29) is 0 Å². The fourth-order valence-corrected chi connectivity index (χ4v) is 4.40. The summed E-state index contributed by atoms with van der Waals surface area (Å²) in [5.41, 5.74) is 2.43. The number of phenolic OH excluding ortho intramolecular Hbond substituents is 1. The van der Waals surface area contributed by atoms with E-state index in [0.29, 0.717) is 17.8 Å². The molecule has 2 aromatic rings. The third-order valence-corrected chi connectivity index (χ3v) is 5.70. The molecular formula is C17H21N3OS. The Kier molecular flexibility index (Phi) is 3.76. The number of piperidine rings is 1. The lowest BCUT2D eigenvalue weighted by atomic mass is 10.0. The maximum Gasteiger partial charge on any atom is 0.185 e. The van der Waals surface area contributed by atoms with E-state index >= 15 is 0 Å². The highest BCUT2D eigenvalue weighted by Gasteiger charge is 2.28. The first-order chi connectivity index (χ1) is 10.8. The van der Waals surface area contributed by atoms with Crippen LogP contribution in [0.15, 0.2) is 29.8 Å². The Morgan fingerprint density at radius 2 is 2.09 bits per heavy atom. The van der Waals surface area contributed by atoms with Crippen LogP contribution in [0.25, 0.3) is 0 Å². The van der Waals surface area contributed by atoms with Crippen LogP contribution in [0.4, 0.5) is 5.13 Å². The molecule has 22 heavy (non-hydrogen) atoms. The highest BCUT2D eigenvalue weighted by molar-refractivity contribution is 7.13. The molecule has 5 heteroatoms. The first kappa shape index (κ1) is 14.0. The molecule has 0 unspecified atom stereocenters. The van der Waals surface area contributed by atoms with Crippen LogP contribution in [0.3, 0.4) is 0 Å². The number of rotatable bonds is 3. The van der Waals surface area contributed by atoms with Crippen molar-refractivity contribution in [2.75, 3.05) is 18.0 Å². The number of hydrogen-bond acceptors (Lipinski definition) is 5. The van der Waals surface area contributed by atoms with Crippen LogP contribution in [0.1, 0.15) is 36.4 Å². The number of thiazole rings is 1. The molecular weight excluding hydrogens is 294 g/mol. The van der Waals surface area contributed by atoms with Crippen molar-refractivity contribution in [3.63, 3.8) is 0 Å². The molecule has 116 valence electrons. The number of anilines is 1. The third-order valence-electron chi connectivity index (χ3n) is 4.87. The summed E-state index contributed by atoms with van der Waals surface area (Å²) in [6.07, 6.45) is 6.28. The molecule has 1 saturated heterocycles. The van der Waals surface area contributed by atoms with E-state index < -0.39 is 0 Å². The maximum atomic E-state index is 9.96. The smallest absolute Gasteiger partial charge is 0.185 e. The largest absolute Gasteiger partial charge is 0.508 e. The van der Waals surface area contributed by atoms with E-state index in [2.05, 4.69) is 21.3 Å². The minimum absolute atomic E-state index is 0.401. The van der Waals surface area contributed by atoms with Gasteiger partial charge >= 0.3 is 0 Å². The molecule has 1 aliphatic carbocycles. The molecule has 2 aliphatic rings. The molecule has 1 aliphatic heterocycles. The Morgan fingerprint density at radius 1 is 1.23 bits per heavy atom. The van der Waals surface area contributed by atoms with Gasteiger partial charge in [-0.3, -0.25) is 0 Å². The highest BCUT2D eigenvalue weighted by Crippen LogP contribution is 2.37. The minimum Gasteiger partial charge on any atom is -0.508 e. The molecule has 2 heterocycles. The predicted molar refractivity (Wildman–Crippen MR) is 89.7 cm³/mol. The van der Waals surface area contributed by atoms with Gasteiger partial charge in [-0.15, -0.1) is 11.3 Å². The van der Waals surface area contributed by atoms with Crippen molar-refractivity contribution in [1.29, 1.82) is 0 Å². The van der Waals surface area contributed by atoms with E-state index in [9.17, 15) is 5.11 Å². The van der Waals surface area contributed by atoms with Gasteiger partial charge in [-0.25, -0.2) is 4.98 Å². The SMILES string of the molecule is Oc1cccc2c1CC[C@@H]2NC1CCN(c2nccs2)CC1. The van der Waals surface area contributed by atoms with Crippen molar-refractivity contribution in [1.82, 2.24) is 10.3 Å². The van der Waals surface area contributed by atoms with Gasteiger partial charge in [0.2, 0.25) is 0 Å². The van der Waals surface area contributed by atoms with Crippen LogP contribution in [0.5, 0.6) is 5.75 Å². The molecule has 1 aromatic heterocycles. The summed E-state index contributed by atoms with van der Waals surface area (Å²) in [5.74, 6) is 0.459. The number of benzene rings is 1. The van der Waals surface area contributed by atoms with Crippen molar-refractivity contribution in [2.24, 2.45) is 0 Å². The van der Waals surface area contributed by atoms with E-state index in [0.717, 1.165) is 49.5 Å². The average molecular weight is 315 g/mol. The Hall–Kier alpha value is -1.59. The summed E-state index contributed by atoms with van der Waals surface area (Å²) in [6, 6.07) is 6.88. The van der Waals surface area contributed by atoms with Crippen LogP contribution in [-0.4, -0.2) is 29.2 Å². The molecule has 2 N–H and O–H groups in total.